The van der Waals surface area contributed by atoms with Gasteiger partial charge in [0.25, 0.3) is 0 Å². The maximum atomic E-state index is 12.4. The van der Waals surface area contributed by atoms with Crippen molar-refractivity contribution in [3.8, 4) is 17.0 Å². The standard InChI is InChI=1S/C21H24NO5Si/c1-12(2)6-14-7-13-8-19(27-5-4-26-3)20(28)9-15(13)17-10-18(23)16(21(24)25)11-22(14)17/h8-12,14H,4-7H2,1-3H3,(H,24,25)/t14-/m0/s1. The molecule has 7 heteroatoms. The number of nitrogens with zero attached hydrogens (tertiary/aromatic N) is 1. The SMILES string of the molecule is COCCOc1cc2c(cc1[Si])-c1cc(=O)c(C(=O)O)cn1[C@@H](CC(C)C)C2. The molecule has 1 aromatic heterocycles. The summed E-state index contributed by atoms with van der Waals surface area (Å²) in [6.45, 7) is 5.21. The minimum atomic E-state index is -1.20. The number of methoxy groups -OCH3 is 1. The van der Waals surface area contributed by atoms with E-state index in [4.69, 9.17) is 9.47 Å². The number of carboxylic acid groups (broad SMARTS) is 1. The minimum Gasteiger partial charge on any atom is -0.491 e. The van der Waals surface area contributed by atoms with Crippen LogP contribution in [0.5, 0.6) is 5.75 Å². The molecule has 1 N–H and O–H groups in total. The highest BCUT2D eigenvalue weighted by molar-refractivity contribution is 6.34. The van der Waals surface area contributed by atoms with Crippen LogP contribution >= 0.6 is 0 Å². The summed E-state index contributed by atoms with van der Waals surface area (Å²) >= 11 is 0. The van der Waals surface area contributed by atoms with Gasteiger partial charge in [-0.15, -0.1) is 0 Å². The Morgan fingerprint density at radius 1 is 1.32 bits per heavy atom. The van der Waals surface area contributed by atoms with Crippen molar-refractivity contribution in [2.24, 2.45) is 5.92 Å². The number of aromatic carboxylic acids is 1. The molecular formula is C21H24NO5Si. The number of rotatable bonds is 7. The van der Waals surface area contributed by atoms with E-state index in [9.17, 15) is 14.7 Å². The van der Waals surface area contributed by atoms with E-state index in [0.29, 0.717) is 19.1 Å². The number of hydrogen-bond donors (Lipinski definition) is 1. The second-order valence-corrected chi connectivity index (χ2v) is 8.02. The molecule has 3 radical (unpaired) electrons. The molecule has 0 saturated heterocycles. The molecule has 2 aromatic rings. The highest BCUT2D eigenvalue weighted by Crippen LogP contribution is 2.37. The van der Waals surface area contributed by atoms with Gasteiger partial charge in [-0.05, 0) is 35.6 Å². The number of benzene rings is 1. The van der Waals surface area contributed by atoms with Crippen LogP contribution in [0.15, 0.2) is 29.2 Å². The second-order valence-electron chi connectivity index (χ2n) is 7.48. The fourth-order valence-electron chi connectivity index (χ4n) is 3.71. The third-order valence-electron chi connectivity index (χ3n) is 4.93. The molecule has 1 aliphatic rings. The average molecular weight is 399 g/mol. The fraction of sp³-hybridized carbons (Fsp3) is 0.429. The quantitative estimate of drug-likeness (QED) is 0.571. The van der Waals surface area contributed by atoms with Crippen LogP contribution in [0.3, 0.4) is 0 Å². The van der Waals surface area contributed by atoms with E-state index in [1.165, 1.54) is 12.3 Å². The van der Waals surface area contributed by atoms with Crippen LogP contribution in [0.25, 0.3) is 11.3 Å². The van der Waals surface area contributed by atoms with Crippen molar-refractivity contribution < 1.29 is 19.4 Å². The van der Waals surface area contributed by atoms with Gasteiger partial charge in [-0.3, -0.25) is 4.79 Å². The van der Waals surface area contributed by atoms with Crippen LogP contribution in [0.2, 0.25) is 0 Å². The zero-order chi connectivity index (χ0) is 20.4. The lowest BCUT2D eigenvalue weighted by Crippen LogP contribution is -2.27. The molecule has 0 aliphatic carbocycles. The summed E-state index contributed by atoms with van der Waals surface area (Å²) < 4.78 is 12.8. The topological polar surface area (TPSA) is 77.8 Å². The molecule has 0 bridgehead atoms. The fourth-order valence-corrected chi connectivity index (χ4v) is 3.99. The number of fused-ring (bicyclic) bond motifs is 3. The van der Waals surface area contributed by atoms with E-state index in [1.807, 2.05) is 16.7 Å². The van der Waals surface area contributed by atoms with Crippen LogP contribution in [0.1, 0.15) is 42.2 Å². The smallest absolute Gasteiger partial charge is 0.341 e. The first kappa shape index (κ1) is 20.4. The Balaban J connectivity index is 2.12. The lowest BCUT2D eigenvalue weighted by atomic mass is 9.88. The monoisotopic (exact) mass is 398 g/mol. The van der Waals surface area contributed by atoms with Gasteiger partial charge in [0.2, 0.25) is 0 Å². The van der Waals surface area contributed by atoms with Crippen LogP contribution in [-0.4, -0.2) is 46.2 Å². The second kappa shape index (κ2) is 8.32. The van der Waals surface area contributed by atoms with Crippen molar-refractivity contribution in [3.63, 3.8) is 0 Å². The third kappa shape index (κ3) is 4.05. The molecule has 0 saturated carbocycles. The summed E-state index contributed by atoms with van der Waals surface area (Å²) in [6.07, 6.45) is 3.12. The first-order valence-electron chi connectivity index (χ1n) is 9.32. The van der Waals surface area contributed by atoms with E-state index in [1.54, 1.807) is 7.11 Å². The summed E-state index contributed by atoms with van der Waals surface area (Å²) in [5, 5.41) is 10.1. The summed E-state index contributed by atoms with van der Waals surface area (Å²) in [5.41, 5.74) is 2.07. The van der Waals surface area contributed by atoms with Crippen molar-refractivity contribution in [1.82, 2.24) is 4.57 Å². The van der Waals surface area contributed by atoms with Gasteiger partial charge in [-0.2, -0.15) is 0 Å². The zero-order valence-corrected chi connectivity index (χ0v) is 17.3. The van der Waals surface area contributed by atoms with Gasteiger partial charge in [0.05, 0.1) is 22.5 Å². The number of carbonyl (C=O) groups is 1. The van der Waals surface area contributed by atoms with Gasteiger partial charge >= 0.3 is 5.97 Å². The Hall–Kier alpha value is -2.38. The van der Waals surface area contributed by atoms with Gasteiger partial charge in [0.1, 0.15) is 17.9 Å². The Morgan fingerprint density at radius 2 is 2.07 bits per heavy atom. The molecule has 0 spiro atoms. The van der Waals surface area contributed by atoms with Crippen molar-refractivity contribution >= 4 is 21.4 Å². The predicted molar refractivity (Wildman–Crippen MR) is 108 cm³/mol. The molecule has 1 atom stereocenters. The molecule has 2 heterocycles. The molecule has 0 fully saturated rings. The molecule has 28 heavy (non-hydrogen) atoms. The van der Waals surface area contributed by atoms with Crippen LogP contribution < -0.4 is 15.4 Å². The zero-order valence-electron chi connectivity index (χ0n) is 16.3. The lowest BCUT2D eigenvalue weighted by Gasteiger charge is -2.32. The van der Waals surface area contributed by atoms with Crippen molar-refractivity contribution in [2.75, 3.05) is 20.3 Å². The summed E-state index contributed by atoms with van der Waals surface area (Å²) in [4.78, 5) is 23.8. The van der Waals surface area contributed by atoms with Crippen LogP contribution in [-0.2, 0) is 11.2 Å². The van der Waals surface area contributed by atoms with Crippen LogP contribution in [0.4, 0.5) is 0 Å². The highest BCUT2D eigenvalue weighted by atomic mass is 28.1. The molecular weight excluding hydrogens is 374 g/mol. The molecule has 147 valence electrons. The molecule has 1 aliphatic heterocycles. The number of ether oxygens (including phenoxy) is 2. The number of hydrogen-bond acceptors (Lipinski definition) is 4. The van der Waals surface area contributed by atoms with Crippen molar-refractivity contribution in [3.05, 3.63) is 45.7 Å². The normalized spacial score (nSPS) is 15.2. The summed E-state index contributed by atoms with van der Waals surface area (Å²) in [7, 11) is 5.23. The minimum absolute atomic E-state index is 0.0774. The number of aromatic nitrogens is 1. The van der Waals surface area contributed by atoms with E-state index in [-0.39, 0.29) is 11.6 Å². The Labute approximate surface area is 167 Å². The van der Waals surface area contributed by atoms with E-state index in [0.717, 1.165) is 40.6 Å². The third-order valence-corrected chi connectivity index (χ3v) is 5.32. The van der Waals surface area contributed by atoms with Gasteiger partial charge in [-0.25, -0.2) is 4.79 Å². The Kier molecular flexibility index (Phi) is 6.05. The summed E-state index contributed by atoms with van der Waals surface area (Å²) in [5.74, 6) is -0.0366. The van der Waals surface area contributed by atoms with Gasteiger partial charge in [0.15, 0.2) is 5.43 Å². The Morgan fingerprint density at radius 3 is 2.71 bits per heavy atom. The number of carboxylic acids is 1. The Bertz CT molecular complexity index is 951. The van der Waals surface area contributed by atoms with E-state index < -0.39 is 11.4 Å². The molecule has 6 nitrogen and oxygen atoms in total. The lowest BCUT2D eigenvalue weighted by molar-refractivity contribution is 0.0694. The highest BCUT2D eigenvalue weighted by Gasteiger charge is 2.27. The van der Waals surface area contributed by atoms with Gasteiger partial charge in [0, 0.05) is 31.0 Å². The molecule has 1 aromatic carbocycles. The van der Waals surface area contributed by atoms with Crippen molar-refractivity contribution in [1.29, 1.82) is 0 Å². The number of pyridine rings is 1. The van der Waals surface area contributed by atoms with E-state index in [2.05, 4.69) is 24.1 Å². The van der Waals surface area contributed by atoms with Crippen molar-refractivity contribution in [2.45, 2.75) is 32.7 Å². The largest absolute Gasteiger partial charge is 0.491 e. The first-order valence-corrected chi connectivity index (χ1v) is 9.82. The molecule has 0 unspecified atom stereocenters. The molecule has 0 amide bonds. The van der Waals surface area contributed by atoms with Gasteiger partial charge in [-0.1, -0.05) is 19.9 Å². The maximum absolute atomic E-state index is 12.4. The average Bonchev–Trinajstić information content (AvgIpc) is 2.62. The summed E-state index contributed by atoms with van der Waals surface area (Å²) in [6, 6.07) is 5.45. The molecule has 3 rings (SSSR count). The predicted octanol–water partition coefficient (Wildman–Crippen LogP) is 2.18. The van der Waals surface area contributed by atoms with Crippen LogP contribution in [0, 0.1) is 5.92 Å². The maximum Gasteiger partial charge on any atom is 0.341 e. The first-order chi connectivity index (χ1) is 13.3. The van der Waals surface area contributed by atoms with E-state index >= 15 is 0 Å². The van der Waals surface area contributed by atoms with Gasteiger partial charge < -0.3 is 19.1 Å².